The molecule has 2 heterocycles. The van der Waals surface area contributed by atoms with E-state index in [0.717, 1.165) is 5.75 Å². The van der Waals surface area contributed by atoms with Crippen LogP contribution in [0.4, 0.5) is 0 Å². The number of aryl methyl sites for hydroxylation is 1. The van der Waals surface area contributed by atoms with Crippen LogP contribution in [0.15, 0.2) is 57.8 Å². The second kappa shape index (κ2) is 7.43. The fraction of sp³-hybridized carbons (Fsp3) is 0.227. The fourth-order valence-electron chi connectivity index (χ4n) is 3.08. The zero-order chi connectivity index (χ0) is 20.5. The first-order valence-corrected chi connectivity index (χ1v) is 9.33. The summed E-state index contributed by atoms with van der Waals surface area (Å²) in [4.78, 5) is 17.1. The van der Waals surface area contributed by atoms with E-state index in [1.807, 2.05) is 24.3 Å². The van der Waals surface area contributed by atoms with E-state index in [1.54, 1.807) is 31.3 Å². The highest BCUT2D eigenvalue weighted by molar-refractivity contribution is 5.90. The Morgan fingerprint density at radius 1 is 1.14 bits per heavy atom. The molecule has 29 heavy (non-hydrogen) atoms. The van der Waals surface area contributed by atoms with Crippen molar-refractivity contribution in [3.63, 3.8) is 0 Å². The topological polar surface area (TPSA) is 90.4 Å². The van der Waals surface area contributed by atoms with Crippen LogP contribution in [0.25, 0.3) is 33.7 Å². The first-order chi connectivity index (χ1) is 14.0. The van der Waals surface area contributed by atoms with Gasteiger partial charge in [0.15, 0.2) is 0 Å². The summed E-state index contributed by atoms with van der Waals surface area (Å²) in [6.07, 6.45) is 0. The van der Waals surface area contributed by atoms with Crippen LogP contribution in [0.5, 0.6) is 11.5 Å². The molecule has 0 unspecified atom stereocenters. The number of benzene rings is 2. The Morgan fingerprint density at radius 2 is 1.86 bits per heavy atom. The molecule has 4 aromatic rings. The van der Waals surface area contributed by atoms with Crippen molar-refractivity contribution in [1.82, 2.24) is 14.7 Å². The molecule has 0 aliphatic carbocycles. The van der Waals surface area contributed by atoms with Gasteiger partial charge in [-0.3, -0.25) is 4.79 Å². The highest BCUT2D eigenvalue weighted by atomic mass is 16.5. The lowest BCUT2D eigenvalue weighted by Crippen LogP contribution is -2.19. The number of nitrogens with zero attached hydrogens (tertiary/aromatic N) is 3. The number of fused-ring (bicyclic) bond motifs is 1. The van der Waals surface area contributed by atoms with Gasteiger partial charge < -0.3 is 18.9 Å². The quantitative estimate of drug-likeness (QED) is 0.553. The largest absolute Gasteiger partial charge is 0.506 e. The van der Waals surface area contributed by atoms with Gasteiger partial charge in [-0.1, -0.05) is 31.1 Å². The standard InChI is InChI=1S/C22H21N3O4/c1-13(2)12-28-15-10-8-14(9-11-15)20-23-21(29-24-20)18-19(26)16-6-4-5-7-17(16)25(3)22(18)27/h4-11,13,26H,12H2,1-3H3. The third-order valence-corrected chi connectivity index (χ3v) is 4.61. The third-order valence-electron chi connectivity index (χ3n) is 4.61. The number of rotatable bonds is 5. The normalized spacial score (nSPS) is 11.3. The van der Waals surface area contributed by atoms with Crippen molar-refractivity contribution in [2.75, 3.05) is 6.61 Å². The molecule has 2 aromatic heterocycles. The van der Waals surface area contributed by atoms with Gasteiger partial charge in [0.25, 0.3) is 11.4 Å². The van der Waals surface area contributed by atoms with Crippen molar-refractivity contribution in [3.05, 3.63) is 58.9 Å². The van der Waals surface area contributed by atoms with Gasteiger partial charge in [0.1, 0.15) is 17.1 Å². The molecule has 0 radical (unpaired) electrons. The van der Waals surface area contributed by atoms with Gasteiger partial charge in [0, 0.05) is 18.0 Å². The minimum absolute atomic E-state index is 0.0122. The fourth-order valence-corrected chi connectivity index (χ4v) is 3.08. The summed E-state index contributed by atoms with van der Waals surface area (Å²) in [5.74, 6) is 1.32. The Morgan fingerprint density at radius 3 is 2.59 bits per heavy atom. The summed E-state index contributed by atoms with van der Waals surface area (Å²) in [5, 5.41) is 15.2. The molecular weight excluding hydrogens is 370 g/mol. The summed E-state index contributed by atoms with van der Waals surface area (Å²) < 4.78 is 12.4. The first kappa shape index (κ1) is 18.7. The first-order valence-electron chi connectivity index (χ1n) is 9.33. The van der Waals surface area contributed by atoms with E-state index in [0.29, 0.717) is 34.8 Å². The monoisotopic (exact) mass is 391 g/mol. The molecule has 0 saturated carbocycles. The second-order valence-electron chi connectivity index (χ2n) is 7.26. The molecule has 148 valence electrons. The average Bonchev–Trinajstić information content (AvgIpc) is 3.21. The van der Waals surface area contributed by atoms with Crippen LogP contribution < -0.4 is 10.3 Å². The zero-order valence-corrected chi connectivity index (χ0v) is 16.4. The molecule has 0 aliphatic heterocycles. The summed E-state index contributed by atoms with van der Waals surface area (Å²) in [7, 11) is 1.64. The molecule has 7 nitrogen and oxygen atoms in total. The minimum Gasteiger partial charge on any atom is -0.506 e. The van der Waals surface area contributed by atoms with Gasteiger partial charge in [-0.2, -0.15) is 4.98 Å². The summed E-state index contributed by atoms with van der Waals surface area (Å²) in [6, 6.07) is 14.4. The number of pyridine rings is 1. The summed E-state index contributed by atoms with van der Waals surface area (Å²) in [6.45, 7) is 4.81. The number of hydrogen-bond donors (Lipinski definition) is 1. The van der Waals surface area contributed by atoms with Gasteiger partial charge in [-0.25, -0.2) is 0 Å². The lowest BCUT2D eigenvalue weighted by atomic mass is 10.1. The predicted molar refractivity (Wildman–Crippen MR) is 110 cm³/mol. The molecule has 4 rings (SSSR count). The van der Waals surface area contributed by atoms with Gasteiger partial charge >= 0.3 is 0 Å². The van der Waals surface area contributed by atoms with Crippen LogP contribution in [0.2, 0.25) is 0 Å². The van der Waals surface area contributed by atoms with Gasteiger partial charge in [0.2, 0.25) is 5.82 Å². The lowest BCUT2D eigenvalue weighted by Gasteiger charge is -2.09. The van der Waals surface area contributed by atoms with Crippen molar-refractivity contribution in [2.45, 2.75) is 13.8 Å². The van der Waals surface area contributed by atoms with E-state index in [2.05, 4.69) is 24.0 Å². The van der Waals surface area contributed by atoms with Crippen molar-refractivity contribution in [3.8, 4) is 34.3 Å². The van der Waals surface area contributed by atoms with Crippen molar-refractivity contribution >= 4 is 10.9 Å². The second-order valence-corrected chi connectivity index (χ2v) is 7.26. The summed E-state index contributed by atoms with van der Waals surface area (Å²) >= 11 is 0. The molecule has 0 aliphatic rings. The molecule has 0 amide bonds. The minimum atomic E-state index is -0.408. The lowest BCUT2D eigenvalue weighted by molar-refractivity contribution is 0.271. The third kappa shape index (κ3) is 3.47. The predicted octanol–water partition coefficient (Wildman–Crippen LogP) is 4.00. The number of hydrogen-bond acceptors (Lipinski definition) is 6. The Kier molecular flexibility index (Phi) is 4.80. The van der Waals surface area contributed by atoms with E-state index in [4.69, 9.17) is 9.26 Å². The molecule has 0 atom stereocenters. The maximum atomic E-state index is 12.8. The smallest absolute Gasteiger partial charge is 0.267 e. The van der Waals surface area contributed by atoms with Crippen LogP contribution in [0, 0.1) is 5.92 Å². The zero-order valence-electron chi connectivity index (χ0n) is 16.4. The Labute approximate surface area is 167 Å². The van der Waals surface area contributed by atoms with Crippen molar-refractivity contribution in [1.29, 1.82) is 0 Å². The highest BCUT2D eigenvalue weighted by Crippen LogP contribution is 2.32. The van der Waals surface area contributed by atoms with Gasteiger partial charge in [-0.05, 0) is 42.3 Å². The molecule has 7 heteroatoms. The number of para-hydroxylation sites is 1. The molecule has 0 fully saturated rings. The molecule has 2 aromatic carbocycles. The molecule has 0 saturated heterocycles. The molecular formula is C22H21N3O4. The number of ether oxygens (including phenoxy) is 1. The molecule has 1 N–H and O–H groups in total. The Bertz CT molecular complexity index is 1220. The van der Waals surface area contributed by atoms with E-state index in [1.165, 1.54) is 4.57 Å². The van der Waals surface area contributed by atoms with E-state index < -0.39 is 5.56 Å². The van der Waals surface area contributed by atoms with Crippen LogP contribution >= 0.6 is 0 Å². The van der Waals surface area contributed by atoms with Crippen LogP contribution in [0.3, 0.4) is 0 Å². The number of aromatic nitrogens is 3. The van der Waals surface area contributed by atoms with E-state index in [9.17, 15) is 9.90 Å². The van der Waals surface area contributed by atoms with Gasteiger partial charge in [0.05, 0.1) is 12.1 Å². The van der Waals surface area contributed by atoms with Crippen LogP contribution in [-0.4, -0.2) is 26.4 Å². The van der Waals surface area contributed by atoms with Crippen LogP contribution in [0.1, 0.15) is 13.8 Å². The van der Waals surface area contributed by atoms with Gasteiger partial charge in [-0.15, -0.1) is 0 Å². The SMILES string of the molecule is CC(C)COc1ccc(-c2noc(-c3c(O)c4ccccc4n(C)c3=O)n2)cc1. The summed E-state index contributed by atoms with van der Waals surface area (Å²) in [5.41, 5.74) is 0.917. The van der Waals surface area contributed by atoms with E-state index >= 15 is 0 Å². The Hall–Kier alpha value is -3.61. The molecule has 0 spiro atoms. The van der Waals surface area contributed by atoms with E-state index in [-0.39, 0.29) is 17.2 Å². The molecule has 0 bridgehead atoms. The van der Waals surface area contributed by atoms with Crippen molar-refractivity contribution in [2.24, 2.45) is 13.0 Å². The van der Waals surface area contributed by atoms with Crippen LogP contribution in [-0.2, 0) is 7.05 Å². The van der Waals surface area contributed by atoms with Crippen molar-refractivity contribution < 1.29 is 14.4 Å². The maximum Gasteiger partial charge on any atom is 0.267 e. The number of aromatic hydroxyl groups is 1. The highest BCUT2D eigenvalue weighted by Gasteiger charge is 2.22. The maximum absolute atomic E-state index is 12.8. The average molecular weight is 391 g/mol. The Balaban J connectivity index is 1.71.